The number of carbonyl (C=O) groups is 1. The van der Waals surface area contributed by atoms with E-state index in [1.54, 1.807) is 28.9 Å². The Morgan fingerprint density at radius 1 is 0.971 bits per heavy atom. The second-order valence-corrected chi connectivity index (χ2v) is 8.32. The maximum atomic E-state index is 13.3. The molecule has 174 valence electrons. The van der Waals surface area contributed by atoms with Gasteiger partial charge in [0.05, 0.1) is 11.8 Å². The second-order valence-electron chi connectivity index (χ2n) is 8.32. The Morgan fingerprint density at radius 3 is 2.35 bits per heavy atom. The third-order valence-corrected chi connectivity index (χ3v) is 5.63. The largest absolute Gasteiger partial charge is 0.491 e. The lowest BCUT2D eigenvalue weighted by molar-refractivity contribution is 0.0746. The fourth-order valence-electron chi connectivity index (χ4n) is 3.98. The number of amides is 1. The number of rotatable bonds is 5. The number of hydrogen-bond donors (Lipinski definition) is 0. The molecule has 2 aromatic heterocycles. The summed E-state index contributed by atoms with van der Waals surface area (Å²) in [5, 5.41) is 8.48. The SMILES string of the molecule is CC(C)Oc1ccc(C(=O)N2CCN(c3ncnc4c3nnn4-c3ccc(F)cc3)CC2)cc1. The van der Waals surface area contributed by atoms with Gasteiger partial charge in [-0.05, 0) is 62.4 Å². The van der Waals surface area contributed by atoms with Gasteiger partial charge in [-0.3, -0.25) is 4.79 Å². The molecular weight excluding hydrogens is 437 g/mol. The quantitative estimate of drug-likeness (QED) is 0.451. The molecule has 0 bridgehead atoms. The third kappa shape index (κ3) is 4.26. The van der Waals surface area contributed by atoms with E-state index in [-0.39, 0.29) is 17.8 Å². The molecule has 2 aromatic carbocycles. The van der Waals surface area contributed by atoms with Gasteiger partial charge < -0.3 is 14.5 Å². The second kappa shape index (κ2) is 9.05. The minimum absolute atomic E-state index is 0.00849. The van der Waals surface area contributed by atoms with E-state index in [9.17, 15) is 9.18 Å². The van der Waals surface area contributed by atoms with E-state index in [0.717, 1.165) is 5.75 Å². The summed E-state index contributed by atoms with van der Waals surface area (Å²) in [4.78, 5) is 25.6. The number of nitrogens with zero attached hydrogens (tertiary/aromatic N) is 7. The van der Waals surface area contributed by atoms with Crippen molar-refractivity contribution in [1.29, 1.82) is 0 Å². The van der Waals surface area contributed by atoms with Gasteiger partial charge in [0.2, 0.25) is 0 Å². The first kappa shape index (κ1) is 21.7. The Hall–Kier alpha value is -4.08. The molecule has 1 fully saturated rings. The fraction of sp³-hybridized carbons (Fsp3) is 0.292. The number of fused-ring (bicyclic) bond motifs is 1. The lowest BCUT2D eigenvalue weighted by atomic mass is 10.1. The van der Waals surface area contributed by atoms with Crippen molar-refractivity contribution in [2.45, 2.75) is 20.0 Å². The maximum absolute atomic E-state index is 13.3. The molecule has 4 aromatic rings. The number of ether oxygens (including phenoxy) is 1. The van der Waals surface area contributed by atoms with Crippen LogP contribution in [0.2, 0.25) is 0 Å². The summed E-state index contributed by atoms with van der Waals surface area (Å²) >= 11 is 0. The Bertz CT molecular complexity index is 1300. The highest BCUT2D eigenvalue weighted by molar-refractivity contribution is 5.94. The molecule has 0 saturated carbocycles. The molecule has 34 heavy (non-hydrogen) atoms. The zero-order valence-corrected chi connectivity index (χ0v) is 18.9. The van der Waals surface area contributed by atoms with Crippen molar-refractivity contribution in [2.24, 2.45) is 0 Å². The van der Waals surface area contributed by atoms with Crippen molar-refractivity contribution in [1.82, 2.24) is 29.9 Å². The van der Waals surface area contributed by atoms with Crippen LogP contribution >= 0.6 is 0 Å². The van der Waals surface area contributed by atoms with Crippen molar-refractivity contribution in [2.75, 3.05) is 31.1 Å². The van der Waals surface area contributed by atoms with Crippen LogP contribution in [0.15, 0.2) is 54.9 Å². The van der Waals surface area contributed by atoms with Gasteiger partial charge in [-0.1, -0.05) is 5.21 Å². The molecule has 1 amide bonds. The van der Waals surface area contributed by atoms with Crippen LogP contribution < -0.4 is 9.64 Å². The van der Waals surface area contributed by atoms with Gasteiger partial charge >= 0.3 is 0 Å². The molecule has 3 heterocycles. The number of benzene rings is 2. The van der Waals surface area contributed by atoms with Gasteiger partial charge in [-0.15, -0.1) is 5.10 Å². The smallest absolute Gasteiger partial charge is 0.253 e. The van der Waals surface area contributed by atoms with Gasteiger partial charge in [0.25, 0.3) is 5.91 Å². The van der Waals surface area contributed by atoms with Crippen LogP contribution in [0.25, 0.3) is 16.9 Å². The van der Waals surface area contributed by atoms with Crippen LogP contribution in [0.3, 0.4) is 0 Å². The van der Waals surface area contributed by atoms with Crippen LogP contribution in [0.5, 0.6) is 5.75 Å². The molecule has 5 rings (SSSR count). The van der Waals surface area contributed by atoms with E-state index in [1.807, 2.05) is 30.9 Å². The first-order valence-electron chi connectivity index (χ1n) is 11.1. The zero-order chi connectivity index (χ0) is 23.7. The summed E-state index contributed by atoms with van der Waals surface area (Å²) in [6, 6.07) is 13.2. The van der Waals surface area contributed by atoms with E-state index < -0.39 is 0 Å². The zero-order valence-electron chi connectivity index (χ0n) is 18.9. The Kier molecular flexibility index (Phi) is 5.79. The molecule has 0 radical (unpaired) electrons. The fourth-order valence-corrected chi connectivity index (χ4v) is 3.98. The first-order valence-corrected chi connectivity index (χ1v) is 11.1. The number of piperazine rings is 1. The van der Waals surface area contributed by atoms with Gasteiger partial charge in [-0.2, -0.15) is 4.68 Å². The molecule has 1 aliphatic heterocycles. The van der Waals surface area contributed by atoms with E-state index in [1.165, 1.54) is 18.5 Å². The highest BCUT2D eigenvalue weighted by atomic mass is 19.1. The predicted molar refractivity (Wildman–Crippen MR) is 125 cm³/mol. The minimum atomic E-state index is -0.323. The third-order valence-electron chi connectivity index (χ3n) is 5.63. The summed E-state index contributed by atoms with van der Waals surface area (Å²) in [6.07, 6.45) is 1.56. The maximum Gasteiger partial charge on any atom is 0.253 e. The molecule has 0 aliphatic carbocycles. The molecule has 1 aliphatic rings. The van der Waals surface area contributed by atoms with Crippen molar-refractivity contribution >= 4 is 22.9 Å². The van der Waals surface area contributed by atoms with Gasteiger partial charge in [0.15, 0.2) is 17.0 Å². The Morgan fingerprint density at radius 2 is 1.68 bits per heavy atom. The van der Waals surface area contributed by atoms with Crippen molar-refractivity contribution in [3.63, 3.8) is 0 Å². The van der Waals surface area contributed by atoms with Crippen LogP contribution in [0.1, 0.15) is 24.2 Å². The minimum Gasteiger partial charge on any atom is -0.491 e. The molecule has 0 unspecified atom stereocenters. The lowest BCUT2D eigenvalue weighted by Gasteiger charge is -2.35. The molecule has 0 spiro atoms. The predicted octanol–water partition coefficient (Wildman–Crippen LogP) is 3.10. The number of hydrogen-bond acceptors (Lipinski definition) is 7. The van der Waals surface area contributed by atoms with Gasteiger partial charge in [0, 0.05) is 31.7 Å². The monoisotopic (exact) mass is 461 g/mol. The van der Waals surface area contributed by atoms with E-state index >= 15 is 0 Å². The number of carbonyl (C=O) groups excluding carboxylic acids is 1. The first-order chi connectivity index (χ1) is 16.5. The van der Waals surface area contributed by atoms with E-state index in [4.69, 9.17) is 4.74 Å². The van der Waals surface area contributed by atoms with Gasteiger partial charge in [0.1, 0.15) is 17.9 Å². The normalized spacial score (nSPS) is 14.1. The molecule has 0 N–H and O–H groups in total. The summed E-state index contributed by atoms with van der Waals surface area (Å²) in [5.41, 5.74) is 2.40. The molecule has 10 heteroatoms. The van der Waals surface area contributed by atoms with Crippen molar-refractivity contribution in [3.05, 3.63) is 66.2 Å². The highest BCUT2D eigenvalue weighted by Crippen LogP contribution is 2.24. The van der Waals surface area contributed by atoms with Crippen molar-refractivity contribution < 1.29 is 13.9 Å². The Labute approximate surface area is 195 Å². The van der Waals surface area contributed by atoms with E-state index in [2.05, 4.69) is 25.2 Å². The Balaban J connectivity index is 1.29. The van der Waals surface area contributed by atoms with Crippen LogP contribution in [0.4, 0.5) is 10.2 Å². The number of aromatic nitrogens is 5. The summed E-state index contributed by atoms with van der Waals surface area (Å²) in [5.74, 6) is 1.08. The standard InChI is InChI=1S/C24H24FN7O2/c1-16(2)34-20-9-3-17(4-10-20)24(33)31-13-11-30(12-14-31)22-21-23(27-15-26-22)32(29-28-21)19-7-5-18(25)6-8-19/h3-10,15-16H,11-14H2,1-2H3. The average Bonchev–Trinajstić information content (AvgIpc) is 3.29. The lowest BCUT2D eigenvalue weighted by Crippen LogP contribution is -2.49. The van der Waals surface area contributed by atoms with Crippen LogP contribution in [-0.4, -0.2) is 68.1 Å². The highest BCUT2D eigenvalue weighted by Gasteiger charge is 2.25. The van der Waals surface area contributed by atoms with Gasteiger partial charge in [-0.25, -0.2) is 14.4 Å². The number of anilines is 1. The topological polar surface area (TPSA) is 89.3 Å². The summed E-state index contributed by atoms with van der Waals surface area (Å²) < 4.78 is 20.5. The van der Waals surface area contributed by atoms with Crippen molar-refractivity contribution in [3.8, 4) is 11.4 Å². The van der Waals surface area contributed by atoms with E-state index in [0.29, 0.717) is 54.4 Å². The van der Waals surface area contributed by atoms with Crippen LogP contribution in [0, 0.1) is 5.82 Å². The summed E-state index contributed by atoms with van der Waals surface area (Å²) in [7, 11) is 0. The number of halogens is 1. The molecule has 1 saturated heterocycles. The van der Waals surface area contributed by atoms with Crippen LogP contribution in [-0.2, 0) is 0 Å². The average molecular weight is 462 g/mol. The molecular formula is C24H24FN7O2. The summed E-state index contributed by atoms with van der Waals surface area (Å²) in [6.45, 7) is 6.26. The molecule has 0 atom stereocenters. The molecule has 9 nitrogen and oxygen atoms in total.